The van der Waals surface area contributed by atoms with Crippen molar-refractivity contribution in [3.63, 3.8) is 0 Å². The van der Waals surface area contributed by atoms with Crippen LogP contribution in [0.4, 0.5) is 17.1 Å². The molecule has 10 nitrogen and oxygen atoms in total. The van der Waals surface area contributed by atoms with Crippen LogP contribution in [0.1, 0.15) is 37.5 Å². The first-order chi connectivity index (χ1) is 22.1. The number of quaternary nitrogens is 1. The monoisotopic (exact) mass is 630 g/mol. The van der Waals surface area contributed by atoms with Gasteiger partial charge in [-0.3, -0.25) is 19.5 Å². The Morgan fingerprint density at radius 3 is 1.50 bits per heavy atom. The van der Waals surface area contributed by atoms with E-state index in [2.05, 4.69) is 57.9 Å². The predicted octanol–water partition coefficient (Wildman–Crippen LogP) is 4.92. The highest BCUT2D eigenvalue weighted by Crippen LogP contribution is 2.28. The van der Waals surface area contributed by atoms with Crippen molar-refractivity contribution in [1.82, 2.24) is 9.80 Å². The highest BCUT2D eigenvalue weighted by molar-refractivity contribution is 5.85. The SMILES string of the molecule is CCN(C)c1ccc(C=NCCNCCN=Cc2ccc([N+](C)(CC)CCN=Cc3ccc(N(C)CC)cc3O)cc2O)c(O)c1. The highest BCUT2D eigenvalue weighted by Gasteiger charge is 2.23. The average Bonchev–Trinajstić information content (AvgIpc) is 3.06. The molecule has 3 aromatic carbocycles. The van der Waals surface area contributed by atoms with Crippen molar-refractivity contribution < 1.29 is 15.3 Å². The second-order valence-corrected chi connectivity index (χ2v) is 11.5. The summed E-state index contributed by atoms with van der Waals surface area (Å²) in [6.07, 6.45) is 5.13. The van der Waals surface area contributed by atoms with Gasteiger partial charge in [-0.1, -0.05) is 0 Å². The molecular weight excluding hydrogens is 578 g/mol. The summed E-state index contributed by atoms with van der Waals surface area (Å²) in [7, 11) is 6.11. The summed E-state index contributed by atoms with van der Waals surface area (Å²) in [5.41, 5.74) is 5.02. The van der Waals surface area contributed by atoms with Crippen molar-refractivity contribution in [2.45, 2.75) is 20.8 Å². The van der Waals surface area contributed by atoms with Crippen LogP contribution in [0.5, 0.6) is 17.2 Å². The highest BCUT2D eigenvalue weighted by atomic mass is 16.3. The fourth-order valence-electron chi connectivity index (χ4n) is 4.75. The van der Waals surface area contributed by atoms with E-state index in [4.69, 9.17) is 0 Å². The molecular formula is C36H52N7O3+. The van der Waals surface area contributed by atoms with E-state index in [1.165, 1.54) is 0 Å². The van der Waals surface area contributed by atoms with E-state index in [1.54, 1.807) is 30.8 Å². The molecule has 0 saturated carbocycles. The third kappa shape index (κ3) is 10.3. The predicted molar refractivity (Wildman–Crippen MR) is 196 cm³/mol. The Hall–Kier alpha value is -4.41. The van der Waals surface area contributed by atoms with Crippen molar-refractivity contribution in [1.29, 1.82) is 0 Å². The molecule has 0 aliphatic heterocycles. The molecule has 248 valence electrons. The van der Waals surface area contributed by atoms with Gasteiger partial charge in [0, 0.05) is 111 Å². The normalized spacial score (nSPS) is 13.2. The van der Waals surface area contributed by atoms with Gasteiger partial charge in [0.05, 0.1) is 33.2 Å². The molecule has 3 rings (SSSR count). The lowest BCUT2D eigenvalue weighted by Crippen LogP contribution is -2.46. The fourth-order valence-corrected chi connectivity index (χ4v) is 4.75. The summed E-state index contributed by atoms with van der Waals surface area (Å²) in [6, 6.07) is 17.0. The zero-order valence-electron chi connectivity index (χ0n) is 28.3. The number of hydrogen-bond donors (Lipinski definition) is 4. The van der Waals surface area contributed by atoms with Gasteiger partial charge >= 0.3 is 0 Å². The number of aromatic hydroxyl groups is 3. The number of benzene rings is 3. The van der Waals surface area contributed by atoms with Gasteiger partial charge in [0.1, 0.15) is 29.5 Å². The van der Waals surface area contributed by atoms with E-state index in [9.17, 15) is 15.3 Å². The topological polar surface area (TPSA) is 116 Å². The largest absolute Gasteiger partial charge is 0.507 e. The lowest BCUT2D eigenvalue weighted by Gasteiger charge is -2.32. The smallest absolute Gasteiger partial charge is 0.136 e. The van der Waals surface area contributed by atoms with Crippen LogP contribution in [-0.2, 0) is 0 Å². The fraction of sp³-hybridized carbons (Fsp3) is 0.417. The molecule has 0 heterocycles. The van der Waals surface area contributed by atoms with Crippen LogP contribution in [-0.4, -0.2) is 114 Å². The van der Waals surface area contributed by atoms with Crippen molar-refractivity contribution >= 4 is 35.7 Å². The van der Waals surface area contributed by atoms with Crippen LogP contribution in [0.3, 0.4) is 0 Å². The number of phenolic OH excluding ortho intramolecular Hbond substituents is 3. The minimum atomic E-state index is 0.199. The zero-order valence-corrected chi connectivity index (χ0v) is 28.3. The number of rotatable bonds is 18. The Bertz CT molecular complexity index is 1490. The zero-order chi connectivity index (χ0) is 33.5. The number of anilines is 2. The maximum atomic E-state index is 10.7. The molecule has 0 fully saturated rings. The van der Waals surface area contributed by atoms with Crippen molar-refractivity contribution in [2.75, 3.05) is 89.8 Å². The molecule has 1 unspecified atom stereocenters. The summed E-state index contributed by atoms with van der Waals surface area (Å²) in [4.78, 5) is 17.6. The van der Waals surface area contributed by atoms with E-state index in [0.717, 1.165) is 43.2 Å². The molecule has 0 amide bonds. The van der Waals surface area contributed by atoms with E-state index in [0.29, 0.717) is 53.9 Å². The van der Waals surface area contributed by atoms with E-state index in [1.807, 2.05) is 56.6 Å². The van der Waals surface area contributed by atoms with E-state index in [-0.39, 0.29) is 17.2 Å². The summed E-state index contributed by atoms with van der Waals surface area (Å²) >= 11 is 0. The van der Waals surface area contributed by atoms with Crippen LogP contribution in [0.25, 0.3) is 0 Å². The van der Waals surface area contributed by atoms with Crippen LogP contribution in [0.2, 0.25) is 0 Å². The number of nitrogens with zero attached hydrogens (tertiary/aromatic N) is 6. The van der Waals surface area contributed by atoms with Crippen LogP contribution in [0.15, 0.2) is 69.6 Å². The molecule has 0 aliphatic rings. The van der Waals surface area contributed by atoms with Gasteiger partial charge in [0.15, 0.2) is 0 Å². The summed E-state index contributed by atoms with van der Waals surface area (Å²) < 4.78 is 0.613. The van der Waals surface area contributed by atoms with Crippen LogP contribution in [0, 0.1) is 0 Å². The van der Waals surface area contributed by atoms with Crippen molar-refractivity contribution in [2.24, 2.45) is 15.0 Å². The Balaban J connectivity index is 1.43. The van der Waals surface area contributed by atoms with Crippen LogP contribution >= 0.6 is 0 Å². The summed E-state index contributed by atoms with van der Waals surface area (Å²) in [5, 5.41) is 34.7. The van der Waals surface area contributed by atoms with E-state index < -0.39 is 0 Å². The first-order valence-electron chi connectivity index (χ1n) is 16.1. The standard InChI is InChI=1S/C36H51N7O3/c1-7-41(4)31-13-10-28(34(44)22-31)25-38-18-16-37-17-19-39-26-30-12-15-33(24-36(30)46)43(6,9-3)21-20-40-27-29-11-14-32(23-35(29)45)42(5)8-2/h10-15,22-27,37H,7-9,16-21H2,1-6H3,(H2-,38,39,40,44,45,46)/p+1. The number of phenols is 3. The average molecular weight is 631 g/mol. The summed E-state index contributed by atoms with van der Waals surface area (Å²) in [6.45, 7) is 12.7. The molecule has 0 saturated heterocycles. The molecule has 3 aromatic rings. The molecule has 1 atom stereocenters. The third-order valence-corrected chi connectivity index (χ3v) is 8.44. The molecule has 0 spiro atoms. The lowest BCUT2D eigenvalue weighted by atomic mass is 10.1. The molecule has 4 N–H and O–H groups in total. The molecule has 0 bridgehead atoms. The second kappa shape index (κ2) is 17.9. The van der Waals surface area contributed by atoms with Crippen molar-refractivity contribution in [3.05, 3.63) is 71.3 Å². The second-order valence-electron chi connectivity index (χ2n) is 11.5. The Morgan fingerprint density at radius 2 is 1.09 bits per heavy atom. The molecule has 10 heteroatoms. The minimum absolute atomic E-state index is 0.199. The van der Waals surface area contributed by atoms with Crippen LogP contribution < -0.4 is 19.6 Å². The first-order valence-corrected chi connectivity index (χ1v) is 16.1. The minimum Gasteiger partial charge on any atom is -0.507 e. The maximum Gasteiger partial charge on any atom is 0.136 e. The van der Waals surface area contributed by atoms with Gasteiger partial charge in [-0.25, -0.2) is 0 Å². The number of likely N-dealkylation sites (N-methyl/N-ethyl adjacent to an activating group) is 1. The molecule has 0 radical (unpaired) electrons. The Kier molecular flexibility index (Phi) is 14.0. The van der Waals surface area contributed by atoms with Gasteiger partial charge in [-0.15, -0.1) is 0 Å². The van der Waals surface area contributed by atoms with Gasteiger partial charge in [0.2, 0.25) is 0 Å². The number of hydrogen-bond acceptors (Lipinski definition) is 9. The maximum absolute atomic E-state index is 10.7. The van der Waals surface area contributed by atoms with E-state index >= 15 is 0 Å². The Morgan fingerprint density at radius 1 is 0.652 bits per heavy atom. The van der Waals surface area contributed by atoms with Gasteiger partial charge in [-0.2, -0.15) is 0 Å². The van der Waals surface area contributed by atoms with Gasteiger partial charge < -0.3 is 30.4 Å². The Labute approximate surface area is 274 Å². The lowest BCUT2D eigenvalue weighted by molar-refractivity contribution is 0.354. The summed E-state index contributed by atoms with van der Waals surface area (Å²) in [5.74, 6) is 0.642. The molecule has 46 heavy (non-hydrogen) atoms. The molecule has 0 aromatic heterocycles. The number of nitrogens with one attached hydrogen (secondary N) is 1. The molecule has 0 aliphatic carbocycles. The number of aliphatic imine (C=N–C) groups is 3. The van der Waals surface area contributed by atoms with Crippen molar-refractivity contribution in [3.8, 4) is 17.2 Å². The third-order valence-electron chi connectivity index (χ3n) is 8.44. The quantitative estimate of drug-likeness (QED) is 0.0901. The van der Waals surface area contributed by atoms with Gasteiger partial charge in [0.25, 0.3) is 0 Å². The van der Waals surface area contributed by atoms with Gasteiger partial charge in [-0.05, 0) is 51.1 Å². The first kappa shape index (κ1) is 36.1.